The molecule has 21 heavy (non-hydrogen) atoms. The molecule has 1 unspecified atom stereocenters. The molecule has 0 saturated carbocycles. The van der Waals surface area contributed by atoms with E-state index in [2.05, 4.69) is 12.2 Å². The molecule has 0 aliphatic heterocycles. The van der Waals surface area contributed by atoms with E-state index in [1.54, 1.807) is 6.26 Å². The third-order valence-electron chi connectivity index (χ3n) is 3.26. The van der Waals surface area contributed by atoms with Gasteiger partial charge in [-0.05, 0) is 43.2 Å². The maximum Gasteiger partial charge on any atom is 0.174 e. The topological polar surface area (TPSA) is 58.2 Å². The Morgan fingerprint density at radius 3 is 3.00 bits per heavy atom. The number of hydrogen-bond donors (Lipinski definition) is 1. The fraction of sp³-hybridized carbons (Fsp3) is 0.353. The van der Waals surface area contributed by atoms with E-state index in [0.29, 0.717) is 6.04 Å². The van der Waals surface area contributed by atoms with Gasteiger partial charge in [0.1, 0.15) is 17.6 Å². The van der Waals surface area contributed by atoms with Gasteiger partial charge in [-0.2, -0.15) is 5.26 Å². The first-order valence-electron chi connectivity index (χ1n) is 7.12. The highest BCUT2D eigenvalue weighted by molar-refractivity contribution is 5.28. The smallest absolute Gasteiger partial charge is 0.174 e. The van der Waals surface area contributed by atoms with Crippen LogP contribution >= 0.6 is 0 Å². The van der Waals surface area contributed by atoms with E-state index >= 15 is 0 Å². The molecule has 110 valence electrons. The first-order chi connectivity index (χ1) is 10.3. The Morgan fingerprint density at radius 2 is 2.24 bits per heavy atom. The summed E-state index contributed by atoms with van der Waals surface area (Å²) >= 11 is 0. The molecule has 0 spiro atoms. The number of benzene rings is 1. The summed E-state index contributed by atoms with van der Waals surface area (Å²) in [6.45, 7) is 3.03. The number of furan rings is 1. The molecule has 4 nitrogen and oxygen atoms in total. The number of nitrogens with zero attached hydrogens (tertiary/aromatic N) is 1. The van der Waals surface area contributed by atoms with E-state index in [4.69, 9.17) is 14.4 Å². The van der Waals surface area contributed by atoms with Crippen LogP contribution in [0.1, 0.15) is 24.7 Å². The van der Waals surface area contributed by atoms with Gasteiger partial charge in [0.25, 0.3) is 0 Å². The van der Waals surface area contributed by atoms with E-state index in [9.17, 15) is 0 Å². The van der Waals surface area contributed by atoms with Crippen LogP contribution in [0.15, 0.2) is 47.1 Å². The fourth-order valence-electron chi connectivity index (χ4n) is 2.07. The molecule has 2 aromatic rings. The molecule has 2 rings (SSSR count). The zero-order valence-corrected chi connectivity index (χ0v) is 12.2. The van der Waals surface area contributed by atoms with Gasteiger partial charge in [-0.25, -0.2) is 0 Å². The minimum atomic E-state index is 0.0798. The lowest BCUT2D eigenvalue weighted by Crippen LogP contribution is -2.25. The van der Waals surface area contributed by atoms with Crippen LogP contribution in [0.5, 0.6) is 5.75 Å². The molecule has 1 aromatic carbocycles. The molecule has 1 N–H and O–H groups in total. The van der Waals surface area contributed by atoms with Gasteiger partial charge in [0, 0.05) is 19.0 Å². The number of ether oxygens (including phenoxy) is 1. The molecule has 0 aliphatic carbocycles. The monoisotopic (exact) mass is 284 g/mol. The average molecular weight is 284 g/mol. The van der Waals surface area contributed by atoms with Crippen molar-refractivity contribution in [1.29, 1.82) is 5.26 Å². The van der Waals surface area contributed by atoms with Gasteiger partial charge in [0.15, 0.2) is 6.61 Å². The number of nitriles is 1. The molecule has 0 fully saturated rings. The maximum atomic E-state index is 8.52. The van der Waals surface area contributed by atoms with Crippen LogP contribution in [0, 0.1) is 11.3 Å². The molecule has 1 aromatic heterocycles. The minimum absolute atomic E-state index is 0.0798. The van der Waals surface area contributed by atoms with Crippen LogP contribution < -0.4 is 10.1 Å². The Bertz CT molecular complexity index is 573. The second kappa shape index (κ2) is 8.13. The Kier molecular flexibility index (Phi) is 5.86. The van der Waals surface area contributed by atoms with Gasteiger partial charge >= 0.3 is 0 Å². The van der Waals surface area contributed by atoms with E-state index in [1.165, 1.54) is 0 Å². The molecule has 0 aliphatic rings. The highest BCUT2D eigenvalue weighted by Crippen LogP contribution is 2.13. The molecule has 0 radical (unpaired) electrons. The normalized spacial score (nSPS) is 11.8. The third-order valence-corrected chi connectivity index (χ3v) is 3.26. The van der Waals surface area contributed by atoms with Crippen LogP contribution in [0.4, 0.5) is 0 Å². The molecule has 0 saturated heterocycles. The van der Waals surface area contributed by atoms with Crippen molar-refractivity contribution in [3.8, 4) is 11.8 Å². The van der Waals surface area contributed by atoms with Crippen molar-refractivity contribution in [3.63, 3.8) is 0 Å². The van der Waals surface area contributed by atoms with Crippen LogP contribution in [0.2, 0.25) is 0 Å². The standard InChI is InChI=1S/C17H20N2O2/c1-14(7-8-16-6-3-10-20-16)19-13-15-4-2-5-17(12-15)21-11-9-18/h2-6,10,12,14,19H,7-8,11,13H2,1H3. The predicted octanol–water partition coefficient (Wildman–Crippen LogP) is 3.29. The molecule has 0 bridgehead atoms. The zero-order valence-electron chi connectivity index (χ0n) is 12.2. The summed E-state index contributed by atoms with van der Waals surface area (Å²) in [6, 6.07) is 14.1. The van der Waals surface area contributed by atoms with Crippen molar-refractivity contribution in [1.82, 2.24) is 5.32 Å². The van der Waals surface area contributed by atoms with Gasteiger partial charge in [0.05, 0.1) is 6.26 Å². The summed E-state index contributed by atoms with van der Waals surface area (Å²) < 4.78 is 10.6. The molecule has 4 heteroatoms. The van der Waals surface area contributed by atoms with E-state index < -0.39 is 0 Å². The first-order valence-corrected chi connectivity index (χ1v) is 7.12. The second-order valence-corrected chi connectivity index (χ2v) is 4.99. The highest BCUT2D eigenvalue weighted by atomic mass is 16.5. The average Bonchev–Trinajstić information content (AvgIpc) is 3.03. The lowest BCUT2D eigenvalue weighted by atomic mass is 10.1. The van der Waals surface area contributed by atoms with Gasteiger partial charge in [0.2, 0.25) is 0 Å². The Morgan fingerprint density at radius 1 is 1.33 bits per heavy atom. The van der Waals surface area contributed by atoms with Gasteiger partial charge in [-0.15, -0.1) is 0 Å². The van der Waals surface area contributed by atoms with Gasteiger partial charge < -0.3 is 14.5 Å². The molecule has 0 amide bonds. The summed E-state index contributed by atoms with van der Waals surface area (Å²) in [5.74, 6) is 1.76. The summed E-state index contributed by atoms with van der Waals surface area (Å²) in [6.07, 6.45) is 3.67. The van der Waals surface area contributed by atoms with E-state index in [1.807, 2.05) is 42.5 Å². The van der Waals surface area contributed by atoms with Crippen LogP contribution in [0.3, 0.4) is 0 Å². The predicted molar refractivity (Wildman–Crippen MR) is 80.9 cm³/mol. The molecule has 1 heterocycles. The Balaban J connectivity index is 1.75. The summed E-state index contributed by atoms with van der Waals surface area (Å²) in [5, 5.41) is 12.0. The molecular formula is C17H20N2O2. The SMILES string of the molecule is CC(CCc1ccco1)NCc1cccc(OCC#N)c1. The van der Waals surface area contributed by atoms with Gasteiger partial charge in [-0.3, -0.25) is 0 Å². The second-order valence-electron chi connectivity index (χ2n) is 4.99. The molecule has 1 atom stereocenters. The highest BCUT2D eigenvalue weighted by Gasteiger charge is 2.04. The van der Waals surface area contributed by atoms with Crippen molar-refractivity contribution in [2.75, 3.05) is 6.61 Å². The number of rotatable bonds is 8. The lowest BCUT2D eigenvalue weighted by molar-refractivity contribution is 0.367. The summed E-state index contributed by atoms with van der Waals surface area (Å²) in [7, 11) is 0. The quantitative estimate of drug-likeness (QED) is 0.808. The number of aryl methyl sites for hydroxylation is 1. The van der Waals surface area contributed by atoms with E-state index in [-0.39, 0.29) is 6.61 Å². The summed E-state index contributed by atoms with van der Waals surface area (Å²) in [5.41, 5.74) is 1.15. The number of nitrogens with one attached hydrogen (secondary N) is 1. The van der Waals surface area contributed by atoms with Crippen LogP contribution in [-0.2, 0) is 13.0 Å². The first kappa shape index (κ1) is 15.1. The zero-order chi connectivity index (χ0) is 14.9. The third kappa shape index (κ3) is 5.33. The Hall–Kier alpha value is -2.25. The largest absolute Gasteiger partial charge is 0.479 e. The van der Waals surface area contributed by atoms with Crippen LogP contribution in [0.25, 0.3) is 0 Å². The maximum absolute atomic E-state index is 8.52. The van der Waals surface area contributed by atoms with Crippen molar-refractivity contribution < 1.29 is 9.15 Å². The minimum Gasteiger partial charge on any atom is -0.479 e. The molecular weight excluding hydrogens is 264 g/mol. The van der Waals surface area contributed by atoms with Crippen molar-refractivity contribution in [3.05, 3.63) is 54.0 Å². The van der Waals surface area contributed by atoms with Crippen molar-refractivity contribution in [2.24, 2.45) is 0 Å². The Labute approximate surface area is 125 Å². The fourth-order valence-corrected chi connectivity index (χ4v) is 2.07. The number of hydrogen-bond acceptors (Lipinski definition) is 4. The van der Waals surface area contributed by atoms with E-state index in [0.717, 1.165) is 36.5 Å². The van der Waals surface area contributed by atoms with Crippen LogP contribution in [-0.4, -0.2) is 12.6 Å². The summed E-state index contributed by atoms with van der Waals surface area (Å²) in [4.78, 5) is 0. The lowest BCUT2D eigenvalue weighted by Gasteiger charge is -2.13. The van der Waals surface area contributed by atoms with Crippen molar-refractivity contribution >= 4 is 0 Å². The van der Waals surface area contributed by atoms with Crippen molar-refractivity contribution in [2.45, 2.75) is 32.4 Å². The van der Waals surface area contributed by atoms with Gasteiger partial charge in [-0.1, -0.05) is 12.1 Å².